The van der Waals surface area contributed by atoms with E-state index in [2.05, 4.69) is 10.2 Å². The molecule has 2 aromatic rings. The molecule has 1 amide bonds. The topological polar surface area (TPSA) is 79.5 Å². The normalized spacial score (nSPS) is 27.8. The molecule has 1 saturated carbocycles. The van der Waals surface area contributed by atoms with E-state index in [-0.39, 0.29) is 30.3 Å². The van der Waals surface area contributed by atoms with Gasteiger partial charge in [0, 0.05) is 35.3 Å². The van der Waals surface area contributed by atoms with Crippen molar-refractivity contribution in [3.8, 4) is 0 Å². The third-order valence-corrected chi connectivity index (χ3v) is 5.66. The van der Waals surface area contributed by atoms with E-state index in [0.717, 1.165) is 12.0 Å². The predicted molar refractivity (Wildman–Crippen MR) is 96.1 cm³/mol. The van der Waals surface area contributed by atoms with E-state index < -0.39 is 6.10 Å². The largest absolute Gasteiger partial charge is 0.423 e. The van der Waals surface area contributed by atoms with Crippen molar-refractivity contribution in [3.05, 3.63) is 45.6 Å². The molecule has 4 rings (SSSR count). The van der Waals surface area contributed by atoms with Crippen molar-refractivity contribution >= 4 is 29.1 Å². The molecule has 6 nitrogen and oxygen atoms in total. The van der Waals surface area contributed by atoms with E-state index in [9.17, 15) is 9.90 Å². The van der Waals surface area contributed by atoms with Crippen LogP contribution in [0.3, 0.4) is 0 Å². The number of hydrogen-bond acceptors (Lipinski definition) is 5. The Balaban J connectivity index is 1.52. The SMILES string of the molecule is CCc1nnc([C@H]2C[C@@H](O)CN2C(=O)C2CC2c2ccc(Cl)cc2Cl)o1. The summed E-state index contributed by atoms with van der Waals surface area (Å²) in [6, 6.07) is 5.00. The van der Waals surface area contributed by atoms with E-state index in [4.69, 9.17) is 27.6 Å². The van der Waals surface area contributed by atoms with Crippen LogP contribution in [0.15, 0.2) is 22.6 Å². The second kappa shape index (κ2) is 6.83. The maximum atomic E-state index is 13.0. The lowest BCUT2D eigenvalue weighted by Crippen LogP contribution is -2.33. The summed E-state index contributed by atoms with van der Waals surface area (Å²) in [7, 11) is 0. The van der Waals surface area contributed by atoms with Crippen LogP contribution < -0.4 is 0 Å². The van der Waals surface area contributed by atoms with Gasteiger partial charge in [-0.25, -0.2) is 0 Å². The number of aliphatic hydroxyl groups is 1. The van der Waals surface area contributed by atoms with Gasteiger partial charge < -0.3 is 14.4 Å². The van der Waals surface area contributed by atoms with E-state index in [1.54, 1.807) is 17.0 Å². The Kier molecular flexibility index (Phi) is 4.67. The molecule has 2 fully saturated rings. The van der Waals surface area contributed by atoms with Crippen LogP contribution >= 0.6 is 23.2 Å². The van der Waals surface area contributed by atoms with Gasteiger partial charge in [0.25, 0.3) is 0 Å². The van der Waals surface area contributed by atoms with Crippen LogP contribution in [0.5, 0.6) is 0 Å². The Morgan fingerprint density at radius 2 is 2.15 bits per heavy atom. The van der Waals surface area contributed by atoms with Gasteiger partial charge in [-0.1, -0.05) is 36.2 Å². The number of nitrogens with zero attached hydrogens (tertiary/aromatic N) is 3. The molecule has 4 atom stereocenters. The zero-order chi connectivity index (χ0) is 18.4. The zero-order valence-electron chi connectivity index (χ0n) is 14.2. The highest BCUT2D eigenvalue weighted by Crippen LogP contribution is 2.52. The number of aliphatic hydroxyl groups excluding tert-OH is 1. The van der Waals surface area contributed by atoms with Gasteiger partial charge in [-0.3, -0.25) is 4.79 Å². The predicted octanol–water partition coefficient (Wildman–Crippen LogP) is 3.38. The lowest BCUT2D eigenvalue weighted by molar-refractivity contribution is -0.134. The number of likely N-dealkylation sites (tertiary alicyclic amines) is 1. The quantitative estimate of drug-likeness (QED) is 0.857. The molecule has 1 aliphatic carbocycles. The first-order valence-corrected chi connectivity index (χ1v) is 9.49. The number of amides is 1. The van der Waals surface area contributed by atoms with Crippen LogP contribution in [0.4, 0.5) is 0 Å². The third kappa shape index (κ3) is 3.21. The lowest BCUT2D eigenvalue weighted by Gasteiger charge is -2.22. The minimum absolute atomic E-state index is 0.00110. The molecule has 2 aliphatic rings. The molecule has 1 N–H and O–H groups in total. The molecule has 2 unspecified atom stereocenters. The summed E-state index contributed by atoms with van der Waals surface area (Å²) in [5.74, 6) is 0.868. The van der Waals surface area contributed by atoms with Crippen molar-refractivity contribution in [2.24, 2.45) is 5.92 Å². The van der Waals surface area contributed by atoms with Crippen molar-refractivity contribution in [2.45, 2.75) is 44.2 Å². The molecular formula is C18H19Cl2N3O3. The monoisotopic (exact) mass is 395 g/mol. The Bertz CT molecular complexity index is 841. The number of halogens is 2. The first kappa shape index (κ1) is 17.8. The lowest BCUT2D eigenvalue weighted by atomic mass is 10.1. The van der Waals surface area contributed by atoms with E-state index >= 15 is 0 Å². The maximum absolute atomic E-state index is 13.0. The fourth-order valence-corrected chi connectivity index (χ4v) is 4.21. The number of hydrogen-bond donors (Lipinski definition) is 1. The van der Waals surface area contributed by atoms with Crippen molar-refractivity contribution in [2.75, 3.05) is 6.54 Å². The number of carbonyl (C=O) groups is 1. The second-order valence-corrected chi connectivity index (χ2v) is 7.74. The van der Waals surface area contributed by atoms with E-state index in [0.29, 0.717) is 34.7 Å². The summed E-state index contributed by atoms with van der Waals surface area (Å²) < 4.78 is 5.63. The van der Waals surface area contributed by atoms with Crippen molar-refractivity contribution in [3.63, 3.8) is 0 Å². The molecule has 0 bridgehead atoms. The van der Waals surface area contributed by atoms with Crippen LogP contribution in [0.1, 0.15) is 49.1 Å². The van der Waals surface area contributed by atoms with Crippen LogP contribution in [0, 0.1) is 5.92 Å². The smallest absolute Gasteiger partial charge is 0.239 e. The molecule has 0 spiro atoms. The fourth-order valence-electron chi connectivity index (χ4n) is 3.66. The molecule has 0 radical (unpaired) electrons. The van der Waals surface area contributed by atoms with Gasteiger partial charge >= 0.3 is 0 Å². The number of aromatic nitrogens is 2. The highest BCUT2D eigenvalue weighted by atomic mass is 35.5. The molecule has 8 heteroatoms. The minimum Gasteiger partial charge on any atom is -0.423 e. The Morgan fingerprint density at radius 3 is 2.85 bits per heavy atom. The maximum Gasteiger partial charge on any atom is 0.239 e. The number of rotatable bonds is 4. The van der Waals surface area contributed by atoms with Gasteiger partial charge in [0.2, 0.25) is 17.7 Å². The molecule has 1 saturated heterocycles. The molecular weight excluding hydrogens is 377 g/mol. The van der Waals surface area contributed by atoms with Gasteiger partial charge in [0.15, 0.2) is 0 Å². The van der Waals surface area contributed by atoms with Gasteiger partial charge in [0.05, 0.1) is 6.10 Å². The Labute approximate surface area is 161 Å². The van der Waals surface area contributed by atoms with E-state index in [1.165, 1.54) is 0 Å². The first-order chi connectivity index (χ1) is 12.5. The van der Waals surface area contributed by atoms with Crippen molar-refractivity contribution < 1.29 is 14.3 Å². The molecule has 1 aromatic carbocycles. The highest BCUT2D eigenvalue weighted by Gasteiger charge is 2.50. The number of β-amino-alcohol motifs (C(OH)–C–C–N with tert-alkyl or cyclic N) is 1. The average Bonchev–Trinajstić information content (AvgIpc) is 3.07. The van der Waals surface area contributed by atoms with Gasteiger partial charge in [-0.2, -0.15) is 0 Å². The van der Waals surface area contributed by atoms with Crippen LogP contribution in [0.2, 0.25) is 10.0 Å². The van der Waals surface area contributed by atoms with Gasteiger partial charge in [-0.05, 0) is 30.0 Å². The molecule has 1 aliphatic heterocycles. The second-order valence-electron chi connectivity index (χ2n) is 6.90. The van der Waals surface area contributed by atoms with Crippen molar-refractivity contribution in [1.82, 2.24) is 15.1 Å². The summed E-state index contributed by atoms with van der Waals surface area (Å²) in [5.41, 5.74) is 0.941. The minimum atomic E-state index is -0.586. The molecule has 2 heterocycles. The summed E-state index contributed by atoms with van der Waals surface area (Å²) >= 11 is 12.2. The standard InChI is InChI=1S/C18H19Cl2N3O3/c1-2-16-21-22-17(26-16)15-6-10(24)8-23(15)18(25)13-7-12(13)11-4-3-9(19)5-14(11)20/h3-5,10,12-13,15,24H,2,6-8H2,1H3/t10-,12?,13?,15-/m1/s1. The van der Waals surface area contributed by atoms with Crippen LogP contribution in [-0.4, -0.2) is 38.8 Å². The number of aryl methyl sites for hydroxylation is 1. The third-order valence-electron chi connectivity index (χ3n) is 5.10. The van der Waals surface area contributed by atoms with Crippen molar-refractivity contribution in [1.29, 1.82) is 0 Å². The van der Waals surface area contributed by atoms with Crippen LogP contribution in [0.25, 0.3) is 0 Å². The average molecular weight is 396 g/mol. The first-order valence-electron chi connectivity index (χ1n) is 8.73. The number of benzene rings is 1. The number of carbonyl (C=O) groups excluding carboxylic acids is 1. The molecule has 26 heavy (non-hydrogen) atoms. The fraction of sp³-hybridized carbons (Fsp3) is 0.500. The Morgan fingerprint density at radius 1 is 1.35 bits per heavy atom. The summed E-state index contributed by atoms with van der Waals surface area (Å²) in [6.45, 7) is 2.21. The summed E-state index contributed by atoms with van der Waals surface area (Å²) in [5, 5.41) is 19.3. The molecule has 1 aromatic heterocycles. The molecule has 138 valence electrons. The zero-order valence-corrected chi connectivity index (χ0v) is 15.7. The van der Waals surface area contributed by atoms with Crippen LogP contribution in [-0.2, 0) is 11.2 Å². The van der Waals surface area contributed by atoms with Gasteiger partial charge in [0.1, 0.15) is 6.04 Å². The van der Waals surface area contributed by atoms with Gasteiger partial charge in [-0.15, -0.1) is 10.2 Å². The summed E-state index contributed by atoms with van der Waals surface area (Å²) in [4.78, 5) is 14.7. The van der Waals surface area contributed by atoms with E-state index in [1.807, 2.05) is 13.0 Å². The highest BCUT2D eigenvalue weighted by molar-refractivity contribution is 6.35. The summed E-state index contributed by atoms with van der Waals surface area (Å²) in [6.07, 6.45) is 1.20. The Hall–Kier alpha value is -1.63.